The molecule has 2 atom stereocenters. The zero-order chi connectivity index (χ0) is 13.7. The van der Waals surface area contributed by atoms with Crippen LogP contribution in [0.1, 0.15) is 25.3 Å². The first-order chi connectivity index (χ1) is 9.10. The van der Waals surface area contributed by atoms with Crippen LogP contribution in [0.2, 0.25) is 0 Å². The van der Waals surface area contributed by atoms with Gasteiger partial charge < -0.3 is 15.8 Å². The molecular formula is C15H22N2O2. The van der Waals surface area contributed by atoms with Gasteiger partial charge in [0.05, 0.1) is 0 Å². The van der Waals surface area contributed by atoms with Crippen LogP contribution >= 0.6 is 0 Å². The van der Waals surface area contributed by atoms with Crippen molar-refractivity contribution in [2.24, 2.45) is 11.7 Å². The first-order valence-corrected chi connectivity index (χ1v) is 6.81. The summed E-state index contributed by atoms with van der Waals surface area (Å²) >= 11 is 0. The number of benzene rings is 1. The molecular weight excluding hydrogens is 240 g/mol. The Morgan fingerprint density at radius 2 is 2.21 bits per heavy atom. The second-order valence-corrected chi connectivity index (χ2v) is 5.34. The molecule has 1 heterocycles. The van der Waals surface area contributed by atoms with Crippen molar-refractivity contribution in [1.29, 1.82) is 0 Å². The number of hydrogen-bond acceptors (Lipinski definition) is 3. The Kier molecular flexibility index (Phi) is 4.56. The average molecular weight is 262 g/mol. The van der Waals surface area contributed by atoms with Crippen LogP contribution in [0.4, 0.5) is 0 Å². The van der Waals surface area contributed by atoms with E-state index >= 15 is 0 Å². The topological polar surface area (TPSA) is 64.4 Å². The van der Waals surface area contributed by atoms with Crippen LogP contribution in [0, 0.1) is 5.92 Å². The number of hydrogen-bond donors (Lipinski definition) is 2. The van der Waals surface area contributed by atoms with Crippen LogP contribution in [-0.2, 0) is 15.1 Å². The number of carbonyl (C=O) groups excluding carboxylic acids is 1. The molecule has 0 aromatic heterocycles. The molecule has 2 unspecified atom stereocenters. The summed E-state index contributed by atoms with van der Waals surface area (Å²) in [5.74, 6) is 0.443. The third-order valence-electron chi connectivity index (χ3n) is 3.71. The molecule has 1 aliphatic heterocycles. The van der Waals surface area contributed by atoms with E-state index in [2.05, 4.69) is 5.32 Å². The molecule has 1 fully saturated rings. The van der Waals surface area contributed by atoms with Gasteiger partial charge in [0, 0.05) is 19.8 Å². The Balaban J connectivity index is 1.84. The van der Waals surface area contributed by atoms with Crippen molar-refractivity contribution < 1.29 is 9.53 Å². The second kappa shape index (κ2) is 6.17. The van der Waals surface area contributed by atoms with Crippen LogP contribution in [0.5, 0.6) is 0 Å². The Hall–Kier alpha value is -1.39. The molecule has 0 spiro atoms. The summed E-state index contributed by atoms with van der Waals surface area (Å²) in [5, 5.41) is 2.93. The van der Waals surface area contributed by atoms with Crippen LogP contribution in [0.15, 0.2) is 30.3 Å². The highest BCUT2D eigenvalue weighted by molar-refractivity contribution is 5.86. The summed E-state index contributed by atoms with van der Waals surface area (Å²) < 4.78 is 5.31. The minimum Gasteiger partial charge on any atom is -0.381 e. The molecule has 1 aromatic carbocycles. The number of nitrogens with two attached hydrogens (primary N) is 1. The molecule has 19 heavy (non-hydrogen) atoms. The van der Waals surface area contributed by atoms with Gasteiger partial charge in [-0.1, -0.05) is 30.3 Å². The van der Waals surface area contributed by atoms with E-state index in [1.54, 1.807) is 6.92 Å². The van der Waals surface area contributed by atoms with Gasteiger partial charge in [-0.2, -0.15) is 0 Å². The first kappa shape index (κ1) is 14.0. The maximum atomic E-state index is 12.2. The van der Waals surface area contributed by atoms with Gasteiger partial charge in [-0.15, -0.1) is 0 Å². The minimum absolute atomic E-state index is 0.127. The Morgan fingerprint density at radius 1 is 1.47 bits per heavy atom. The molecule has 1 aliphatic rings. The van der Waals surface area contributed by atoms with Gasteiger partial charge in [-0.25, -0.2) is 0 Å². The molecule has 104 valence electrons. The second-order valence-electron chi connectivity index (χ2n) is 5.34. The normalized spacial score (nSPS) is 21.9. The number of amides is 1. The van der Waals surface area contributed by atoms with Crippen molar-refractivity contribution in [2.75, 3.05) is 19.8 Å². The van der Waals surface area contributed by atoms with Gasteiger partial charge in [0.15, 0.2) is 0 Å². The highest BCUT2D eigenvalue weighted by Gasteiger charge is 2.30. The van der Waals surface area contributed by atoms with Gasteiger partial charge in [0.25, 0.3) is 0 Å². The fourth-order valence-electron chi connectivity index (χ4n) is 2.30. The van der Waals surface area contributed by atoms with E-state index in [9.17, 15) is 4.79 Å². The van der Waals surface area contributed by atoms with Crippen LogP contribution in [0.25, 0.3) is 0 Å². The predicted molar refractivity (Wildman–Crippen MR) is 74.5 cm³/mol. The molecule has 1 saturated heterocycles. The van der Waals surface area contributed by atoms with Crippen LogP contribution in [-0.4, -0.2) is 25.7 Å². The van der Waals surface area contributed by atoms with E-state index in [1.165, 1.54) is 0 Å². The van der Waals surface area contributed by atoms with Gasteiger partial charge in [0.1, 0.15) is 5.54 Å². The molecule has 0 bridgehead atoms. The van der Waals surface area contributed by atoms with Crippen LogP contribution in [0.3, 0.4) is 0 Å². The smallest absolute Gasteiger partial charge is 0.244 e. The summed E-state index contributed by atoms with van der Waals surface area (Å²) in [5.41, 5.74) is 5.99. The lowest BCUT2D eigenvalue weighted by Gasteiger charge is -2.24. The summed E-state index contributed by atoms with van der Waals surface area (Å²) in [7, 11) is 0. The third-order valence-corrected chi connectivity index (χ3v) is 3.71. The summed E-state index contributed by atoms with van der Waals surface area (Å²) in [6, 6.07) is 9.46. The van der Waals surface area contributed by atoms with E-state index in [0.717, 1.165) is 31.6 Å². The van der Waals surface area contributed by atoms with Gasteiger partial charge in [-0.05, 0) is 31.2 Å². The molecule has 1 aromatic rings. The van der Waals surface area contributed by atoms with Crippen molar-refractivity contribution in [3.8, 4) is 0 Å². The number of ether oxygens (including phenoxy) is 1. The maximum Gasteiger partial charge on any atom is 0.244 e. The molecule has 4 heteroatoms. The maximum absolute atomic E-state index is 12.2. The lowest BCUT2D eigenvalue weighted by molar-refractivity contribution is -0.126. The van der Waals surface area contributed by atoms with Crippen molar-refractivity contribution in [2.45, 2.75) is 25.3 Å². The SMILES string of the molecule is CC(N)(C(=O)NCCC1CCOC1)c1ccccc1. The molecule has 4 nitrogen and oxygen atoms in total. The molecule has 1 amide bonds. The number of nitrogens with one attached hydrogen (secondary N) is 1. The van der Waals surface area contributed by atoms with Crippen LogP contribution < -0.4 is 11.1 Å². The van der Waals surface area contributed by atoms with Crippen molar-refractivity contribution in [1.82, 2.24) is 5.32 Å². The summed E-state index contributed by atoms with van der Waals surface area (Å²) in [4.78, 5) is 12.2. The Labute approximate surface area is 114 Å². The van der Waals surface area contributed by atoms with Crippen molar-refractivity contribution in [3.63, 3.8) is 0 Å². The molecule has 0 saturated carbocycles. The van der Waals surface area contributed by atoms with E-state index in [1.807, 2.05) is 30.3 Å². The average Bonchev–Trinajstić information content (AvgIpc) is 2.93. The zero-order valence-corrected chi connectivity index (χ0v) is 11.4. The summed E-state index contributed by atoms with van der Waals surface area (Å²) in [6.45, 7) is 4.06. The summed E-state index contributed by atoms with van der Waals surface area (Å²) in [6.07, 6.45) is 2.05. The largest absolute Gasteiger partial charge is 0.381 e. The minimum atomic E-state index is -0.979. The Morgan fingerprint density at radius 3 is 2.84 bits per heavy atom. The quantitative estimate of drug-likeness (QED) is 0.843. The monoisotopic (exact) mass is 262 g/mol. The first-order valence-electron chi connectivity index (χ1n) is 6.81. The van der Waals surface area contributed by atoms with E-state index < -0.39 is 5.54 Å². The standard InChI is InChI=1S/C15H22N2O2/c1-15(16,13-5-3-2-4-6-13)14(18)17-9-7-12-8-10-19-11-12/h2-6,12H,7-11,16H2,1H3,(H,17,18). The fourth-order valence-corrected chi connectivity index (χ4v) is 2.30. The number of rotatable bonds is 5. The predicted octanol–water partition coefficient (Wildman–Crippen LogP) is 1.40. The van der Waals surface area contributed by atoms with Crippen molar-refractivity contribution >= 4 is 5.91 Å². The van der Waals surface area contributed by atoms with Gasteiger partial charge in [0.2, 0.25) is 5.91 Å². The van der Waals surface area contributed by atoms with Gasteiger partial charge in [-0.3, -0.25) is 4.79 Å². The van der Waals surface area contributed by atoms with E-state index in [-0.39, 0.29) is 5.91 Å². The highest BCUT2D eigenvalue weighted by Crippen LogP contribution is 2.18. The number of carbonyl (C=O) groups is 1. The lowest BCUT2D eigenvalue weighted by Crippen LogP contribution is -2.49. The molecule has 3 N–H and O–H groups in total. The molecule has 0 aliphatic carbocycles. The van der Waals surface area contributed by atoms with Crippen molar-refractivity contribution in [3.05, 3.63) is 35.9 Å². The lowest BCUT2D eigenvalue weighted by atomic mass is 9.92. The third kappa shape index (κ3) is 3.55. The van der Waals surface area contributed by atoms with E-state index in [0.29, 0.717) is 12.5 Å². The zero-order valence-electron chi connectivity index (χ0n) is 11.4. The van der Waals surface area contributed by atoms with Gasteiger partial charge >= 0.3 is 0 Å². The molecule has 2 rings (SSSR count). The fraction of sp³-hybridized carbons (Fsp3) is 0.533. The highest BCUT2D eigenvalue weighted by atomic mass is 16.5. The Bertz CT molecular complexity index is 411. The van der Waals surface area contributed by atoms with E-state index in [4.69, 9.17) is 10.5 Å². The molecule has 0 radical (unpaired) electrons.